The van der Waals surface area contributed by atoms with E-state index < -0.39 is 0 Å². The van der Waals surface area contributed by atoms with Crippen LogP contribution >= 0.6 is 0 Å². The monoisotopic (exact) mass is 326 g/mol. The van der Waals surface area contributed by atoms with Gasteiger partial charge < -0.3 is 14.6 Å². The minimum atomic E-state index is -0.385. The molecule has 1 amide bonds. The number of rotatable bonds is 6. The summed E-state index contributed by atoms with van der Waals surface area (Å²) >= 11 is 0. The minimum Gasteiger partial charge on any atom is -0.504 e. The van der Waals surface area contributed by atoms with Crippen molar-refractivity contribution in [2.45, 2.75) is 0 Å². The fraction of sp³-hybridized carbons (Fsp3) is 0.111. The molecule has 0 heterocycles. The highest BCUT2D eigenvalue weighted by Crippen LogP contribution is 2.27. The summed E-state index contributed by atoms with van der Waals surface area (Å²) in [6.45, 7) is 0. The number of methoxy groups -OCH3 is 2. The van der Waals surface area contributed by atoms with E-state index in [-0.39, 0.29) is 11.7 Å². The third kappa shape index (κ3) is 4.61. The van der Waals surface area contributed by atoms with Crippen LogP contribution in [-0.4, -0.2) is 31.4 Å². The maximum absolute atomic E-state index is 11.7. The van der Waals surface area contributed by atoms with Gasteiger partial charge in [-0.3, -0.25) is 4.79 Å². The Morgan fingerprint density at radius 1 is 1.12 bits per heavy atom. The predicted molar refractivity (Wildman–Crippen MR) is 92.4 cm³/mol. The van der Waals surface area contributed by atoms with E-state index in [0.717, 1.165) is 11.3 Å². The summed E-state index contributed by atoms with van der Waals surface area (Å²) in [4.78, 5) is 11.7. The van der Waals surface area contributed by atoms with Gasteiger partial charge in [0.05, 0.1) is 20.4 Å². The lowest BCUT2D eigenvalue weighted by Crippen LogP contribution is -2.14. The van der Waals surface area contributed by atoms with Gasteiger partial charge in [-0.1, -0.05) is 18.2 Å². The van der Waals surface area contributed by atoms with Crippen LogP contribution < -0.4 is 14.9 Å². The SMILES string of the molecule is COc1ccc(C=CC(=O)N/N=C/c2cccc(OC)c2O)cc1. The summed E-state index contributed by atoms with van der Waals surface area (Å²) in [5.74, 6) is 0.667. The van der Waals surface area contributed by atoms with Gasteiger partial charge in [-0.2, -0.15) is 5.10 Å². The quantitative estimate of drug-likeness (QED) is 0.486. The zero-order valence-corrected chi connectivity index (χ0v) is 13.4. The molecule has 0 fully saturated rings. The van der Waals surface area contributed by atoms with Crippen molar-refractivity contribution in [2.75, 3.05) is 14.2 Å². The Hall–Kier alpha value is -3.28. The second-order valence-corrected chi connectivity index (χ2v) is 4.74. The number of phenolic OH excluding ortho intramolecular Hbond substituents is 1. The van der Waals surface area contributed by atoms with Crippen LogP contribution in [0, 0.1) is 0 Å². The van der Waals surface area contributed by atoms with Crippen LogP contribution in [0.5, 0.6) is 17.2 Å². The number of benzene rings is 2. The Bertz CT molecular complexity index is 752. The number of carbonyl (C=O) groups is 1. The number of carbonyl (C=O) groups excluding carboxylic acids is 1. The van der Waals surface area contributed by atoms with E-state index in [1.807, 2.05) is 12.1 Å². The largest absolute Gasteiger partial charge is 0.504 e. The molecule has 0 aliphatic rings. The van der Waals surface area contributed by atoms with E-state index in [4.69, 9.17) is 9.47 Å². The van der Waals surface area contributed by atoms with Gasteiger partial charge in [0.15, 0.2) is 11.5 Å². The number of hydrogen-bond acceptors (Lipinski definition) is 5. The highest BCUT2D eigenvalue weighted by Gasteiger charge is 2.04. The molecule has 0 bridgehead atoms. The molecule has 0 saturated carbocycles. The van der Waals surface area contributed by atoms with Gasteiger partial charge in [0, 0.05) is 11.6 Å². The molecule has 6 heteroatoms. The number of phenols is 1. The number of nitrogens with zero attached hydrogens (tertiary/aromatic N) is 1. The van der Waals surface area contributed by atoms with Gasteiger partial charge in [0.2, 0.25) is 0 Å². The topological polar surface area (TPSA) is 80.2 Å². The molecule has 0 spiro atoms. The highest BCUT2D eigenvalue weighted by atomic mass is 16.5. The van der Waals surface area contributed by atoms with Crippen molar-refractivity contribution in [3.8, 4) is 17.2 Å². The van der Waals surface area contributed by atoms with Gasteiger partial charge in [-0.15, -0.1) is 0 Å². The lowest BCUT2D eigenvalue weighted by molar-refractivity contribution is -0.116. The van der Waals surface area contributed by atoms with E-state index in [1.165, 1.54) is 19.4 Å². The van der Waals surface area contributed by atoms with Crippen molar-refractivity contribution in [1.29, 1.82) is 0 Å². The molecule has 2 aromatic rings. The standard InChI is InChI=1S/C18H18N2O4/c1-23-15-9-6-13(7-10-15)8-11-17(21)20-19-12-14-4-3-5-16(24-2)18(14)22/h3-12,22H,1-2H3,(H,20,21)/b11-8?,19-12+. The zero-order chi connectivity index (χ0) is 17.4. The molecule has 0 saturated heterocycles. The average molecular weight is 326 g/mol. The molecule has 24 heavy (non-hydrogen) atoms. The van der Waals surface area contributed by atoms with Crippen molar-refractivity contribution in [3.63, 3.8) is 0 Å². The highest BCUT2D eigenvalue weighted by molar-refractivity contribution is 5.93. The maximum atomic E-state index is 11.7. The van der Waals surface area contributed by atoms with Gasteiger partial charge >= 0.3 is 0 Å². The third-order valence-corrected chi connectivity index (χ3v) is 3.17. The van der Waals surface area contributed by atoms with Gasteiger partial charge in [-0.25, -0.2) is 5.43 Å². The number of aromatic hydroxyl groups is 1. The predicted octanol–water partition coefficient (Wildman–Crippen LogP) is 2.57. The number of amides is 1. The van der Waals surface area contributed by atoms with Crippen molar-refractivity contribution in [3.05, 3.63) is 59.7 Å². The Labute approximate surface area is 140 Å². The van der Waals surface area contributed by atoms with Crippen LogP contribution in [-0.2, 0) is 4.79 Å². The van der Waals surface area contributed by atoms with Crippen LogP contribution in [0.4, 0.5) is 0 Å². The summed E-state index contributed by atoms with van der Waals surface area (Å²) < 4.78 is 10.1. The number of nitrogens with one attached hydrogen (secondary N) is 1. The lowest BCUT2D eigenvalue weighted by atomic mass is 10.2. The molecule has 0 aliphatic heterocycles. The van der Waals surface area contributed by atoms with Crippen LogP contribution in [0.3, 0.4) is 0 Å². The molecule has 2 aromatic carbocycles. The van der Waals surface area contributed by atoms with Crippen LogP contribution in [0.1, 0.15) is 11.1 Å². The Balaban J connectivity index is 1.94. The van der Waals surface area contributed by atoms with Gasteiger partial charge in [0.25, 0.3) is 5.91 Å². The summed E-state index contributed by atoms with van der Waals surface area (Å²) in [5.41, 5.74) is 3.66. The summed E-state index contributed by atoms with van der Waals surface area (Å²) in [6, 6.07) is 12.3. The van der Waals surface area contributed by atoms with E-state index in [1.54, 1.807) is 43.5 Å². The normalized spacial score (nSPS) is 10.9. The third-order valence-electron chi connectivity index (χ3n) is 3.17. The molecule has 2 rings (SSSR count). The zero-order valence-electron chi connectivity index (χ0n) is 13.4. The molecule has 0 aromatic heterocycles. The maximum Gasteiger partial charge on any atom is 0.264 e. The fourth-order valence-corrected chi connectivity index (χ4v) is 1.90. The Morgan fingerprint density at radius 2 is 1.88 bits per heavy atom. The van der Waals surface area contributed by atoms with Crippen LogP contribution in [0.25, 0.3) is 6.08 Å². The first kappa shape index (κ1) is 17.1. The van der Waals surface area contributed by atoms with E-state index in [2.05, 4.69) is 10.5 Å². The lowest BCUT2D eigenvalue weighted by Gasteiger charge is -2.04. The van der Waals surface area contributed by atoms with E-state index >= 15 is 0 Å². The number of hydrogen-bond donors (Lipinski definition) is 2. The Morgan fingerprint density at radius 3 is 2.54 bits per heavy atom. The molecule has 0 unspecified atom stereocenters. The molecule has 0 radical (unpaired) electrons. The van der Waals surface area contributed by atoms with E-state index in [9.17, 15) is 9.90 Å². The van der Waals surface area contributed by atoms with Gasteiger partial charge in [0.1, 0.15) is 5.75 Å². The van der Waals surface area contributed by atoms with Gasteiger partial charge in [-0.05, 0) is 35.9 Å². The average Bonchev–Trinajstić information content (AvgIpc) is 2.62. The van der Waals surface area contributed by atoms with Crippen molar-refractivity contribution < 1.29 is 19.4 Å². The number of para-hydroxylation sites is 1. The van der Waals surface area contributed by atoms with Crippen LogP contribution in [0.2, 0.25) is 0 Å². The molecule has 0 atom stereocenters. The first-order valence-corrected chi connectivity index (χ1v) is 7.15. The fourth-order valence-electron chi connectivity index (χ4n) is 1.90. The first-order chi connectivity index (χ1) is 11.6. The molecule has 2 N–H and O–H groups in total. The molecule has 124 valence electrons. The second kappa shape index (κ2) is 8.38. The summed E-state index contributed by atoms with van der Waals surface area (Å²) in [7, 11) is 3.05. The second-order valence-electron chi connectivity index (χ2n) is 4.74. The van der Waals surface area contributed by atoms with E-state index in [0.29, 0.717) is 11.3 Å². The molecular weight excluding hydrogens is 308 g/mol. The Kier molecular flexibility index (Phi) is 5.96. The van der Waals surface area contributed by atoms with Crippen molar-refractivity contribution in [2.24, 2.45) is 5.10 Å². The summed E-state index contributed by atoms with van der Waals surface area (Å²) in [6.07, 6.45) is 4.37. The molecular formula is C18H18N2O4. The summed E-state index contributed by atoms with van der Waals surface area (Å²) in [5, 5.41) is 13.7. The first-order valence-electron chi connectivity index (χ1n) is 7.15. The van der Waals surface area contributed by atoms with Crippen molar-refractivity contribution >= 4 is 18.2 Å². The van der Waals surface area contributed by atoms with Crippen molar-refractivity contribution in [1.82, 2.24) is 5.43 Å². The van der Waals surface area contributed by atoms with Crippen LogP contribution in [0.15, 0.2) is 53.6 Å². The molecule has 0 aliphatic carbocycles. The molecule has 6 nitrogen and oxygen atoms in total. The number of hydrazone groups is 1. The minimum absolute atomic E-state index is 0.0354. The number of ether oxygens (including phenoxy) is 2. The smallest absolute Gasteiger partial charge is 0.264 e.